The van der Waals surface area contributed by atoms with Gasteiger partial charge in [0.15, 0.2) is 0 Å². The molecule has 178 valence electrons. The van der Waals surface area contributed by atoms with Crippen molar-refractivity contribution in [2.45, 2.75) is 64.6 Å². The maximum Gasteiger partial charge on any atom is 0.410 e. The Balaban J connectivity index is 1.30. The molecule has 2 aromatic rings. The van der Waals surface area contributed by atoms with Crippen LogP contribution >= 0.6 is 0 Å². The van der Waals surface area contributed by atoms with E-state index in [4.69, 9.17) is 4.74 Å². The normalized spacial score (nSPS) is 17.3. The van der Waals surface area contributed by atoms with Crippen LogP contribution in [-0.4, -0.2) is 58.2 Å². The first-order valence-corrected chi connectivity index (χ1v) is 11.9. The van der Waals surface area contributed by atoms with Crippen molar-refractivity contribution in [3.05, 3.63) is 47.9 Å². The molecule has 4 rings (SSSR count). The van der Waals surface area contributed by atoms with Gasteiger partial charge in [-0.05, 0) is 70.2 Å². The number of carbonyl (C=O) groups excluding carboxylic acids is 2. The van der Waals surface area contributed by atoms with Gasteiger partial charge < -0.3 is 24.4 Å². The Hall–Kier alpha value is -3.03. The first kappa shape index (κ1) is 23.1. The number of aromatic nitrogens is 2. The van der Waals surface area contributed by atoms with Crippen LogP contribution in [0.2, 0.25) is 0 Å². The summed E-state index contributed by atoms with van der Waals surface area (Å²) in [7, 11) is 0. The van der Waals surface area contributed by atoms with Crippen molar-refractivity contribution in [3.8, 4) is 0 Å². The van der Waals surface area contributed by atoms with Crippen molar-refractivity contribution in [2.24, 2.45) is 0 Å². The third-order valence-electron chi connectivity index (χ3n) is 6.21. The van der Waals surface area contributed by atoms with Crippen LogP contribution in [0.4, 0.5) is 10.6 Å². The van der Waals surface area contributed by atoms with Crippen LogP contribution in [0.15, 0.2) is 36.7 Å². The molecule has 33 heavy (non-hydrogen) atoms. The van der Waals surface area contributed by atoms with Crippen LogP contribution in [0, 0.1) is 0 Å². The third-order valence-corrected chi connectivity index (χ3v) is 6.21. The van der Waals surface area contributed by atoms with E-state index < -0.39 is 5.60 Å². The van der Waals surface area contributed by atoms with E-state index >= 15 is 0 Å². The van der Waals surface area contributed by atoms with Crippen LogP contribution in [0.5, 0.6) is 0 Å². The van der Waals surface area contributed by atoms with E-state index in [1.165, 1.54) is 12.8 Å². The minimum atomic E-state index is -0.496. The summed E-state index contributed by atoms with van der Waals surface area (Å²) >= 11 is 0. The summed E-state index contributed by atoms with van der Waals surface area (Å²) in [6.07, 6.45) is 7.55. The topological polar surface area (TPSA) is 79.7 Å². The zero-order chi connectivity index (χ0) is 23.4. The van der Waals surface area contributed by atoms with Crippen molar-refractivity contribution >= 4 is 17.8 Å². The molecular formula is C25H35N5O3. The Morgan fingerprint density at radius 1 is 1.09 bits per heavy atom. The van der Waals surface area contributed by atoms with E-state index in [1.54, 1.807) is 4.90 Å². The highest BCUT2D eigenvalue weighted by Crippen LogP contribution is 2.26. The lowest BCUT2D eigenvalue weighted by molar-refractivity contribution is 0.0187. The van der Waals surface area contributed by atoms with Crippen LogP contribution in [-0.2, 0) is 11.3 Å². The van der Waals surface area contributed by atoms with Gasteiger partial charge in [0.2, 0.25) is 0 Å². The van der Waals surface area contributed by atoms with Gasteiger partial charge in [-0.1, -0.05) is 6.07 Å². The molecule has 2 aliphatic heterocycles. The number of hydrogen-bond acceptors (Lipinski definition) is 5. The second-order valence-corrected chi connectivity index (χ2v) is 9.90. The maximum absolute atomic E-state index is 12.9. The van der Waals surface area contributed by atoms with Gasteiger partial charge in [0.05, 0.1) is 0 Å². The first-order chi connectivity index (χ1) is 15.8. The van der Waals surface area contributed by atoms with Gasteiger partial charge in [-0.2, -0.15) is 0 Å². The Bertz CT molecular complexity index is 949. The Kier molecular flexibility index (Phi) is 6.91. The lowest BCUT2D eigenvalue weighted by Gasteiger charge is -2.34. The maximum atomic E-state index is 12.9. The summed E-state index contributed by atoms with van der Waals surface area (Å²) in [4.78, 5) is 33.8. The van der Waals surface area contributed by atoms with Crippen molar-refractivity contribution in [2.75, 3.05) is 31.1 Å². The summed E-state index contributed by atoms with van der Waals surface area (Å²) in [5, 5.41) is 3.02. The molecule has 0 atom stereocenters. The molecule has 1 N–H and O–H groups in total. The summed E-state index contributed by atoms with van der Waals surface area (Å²) < 4.78 is 7.52. The number of pyridine rings is 1. The lowest BCUT2D eigenvalue weighted by Crippen LogP contribution is -2.42. The molecule has 4 heterocycles. The number of likely N-dealkylation sites (tertiary alicyclic amines) is 1. The van der Waals surface area contributed by atoms with Gasteiger partial charge in [0.1, 0.15) is 17.1 Å². The van der Waals surface area contributed by atoms with E-state index in [1.807, 2.05) is 62.0 Å². The average Bonchev–Trinajstić information content (AvgIpc) is 3.49. The highest BCUT2D eigenvalue weighted by Gasteiger charge is 2.28. The van der Waals surface area contributed by atoms with Crippen LogP contribution in [0.3, 0.4) is 0 Å². The highest BCUT2D eigenvalue weighted by atomic mass is 16.6. The fourth-order valence-electron chi connectivity index (χ4n) is 4.49. The quantitative estimate of drug-likeness (QED) is 0.741. The molecule has 2 saturated heterocycles. The minimum Gasteiger partial charge on any atom is -0.444 e. The predicted molar refractivity (Wildman–Crippen MR) is 127 cm³/mol. The molecule has 2 aromatic heterocycles. The molecule has 2 fully saturated rings. The number of hydrogen-bond donors (Lipinski definition) is 1. The van der Waals surface area contributed by atoms with Gasteiger partial charge >= 0.3 is 6.09 Å². The van der Waals surface area contributed by atoms with Crippen LogP contribution in [0.25, 0.3) is 0 Å². The van der Waals surface area contributed by atoms with Crippen LogP contribution < -0.4 is 10.2 Å². The molecule has 2 amide bonds. The number of nitrogens with zero attached hydrogens (tertiary/aromatic N) is 4. The zero-order valence-electron chi connectivity index (χ0n) is 19.9. The Morgan fingerprint density at radius 3 is 2.45 bits per heavy atom. The second kappa shape index (κ2) is 9.85. The van der Waals surface area contributed by atoms with E-state index in [0.29, 0.717) is 25.3 Å². The summed E-state index contributed by atoms with van der Waals surface area (Å²) in [6.45, 7) is 9.44. The van der Waals surface area contributed by atoms with E-state index in [-0.39, 0.29) is 18.0 Å². The minimum absolute atomic E-state index is 0.0989. The summed E-state index contributed by atoms with van der Waals surface area (Å²) in [6, 6.07) is 8.01. The standard InChI is InChI=1S/C25H35N5O3/c1-25(2,3)33-24(32)29-15-10-20(11-16-29)30-14-6-7-21(30)23(31)27-18-19-8-9-22(26-17-19)28-12-4-5-13-28/h6-9,14,17,20H,4-5,10-13,15-16,18H2,1-3H3,(H,27,31). The third kappa shape index (κ3) is 5.86. The lowest BCUT2D eigenvalue weighted by atomic mass is 10.0. The number of nitrogens with one attached hydrogen (secondary N) is 1. The van der Waals surface area contributed by atoms with Crippen molar-refractivity contribution < 1.29 is 14.3 Å². The number of anilines is 1. The zero-order valence-corrected chi connectivity index (χ0v) is 19.9. The van der Waals surface area contributed by atoms with Gasteiger partial charge in [-0.15, -0.1) is 0 Å². The van der Waals surface area contributed by atoms with Crippen molar-refractivity contribution in [1.29, 1.82) is 0 Å². The molecule has 0 bridgehead atoms. The molecule has 2 aliphatic rings. The predicted octanol–water partition coefficient (Wildman–Crippen LogP) is 3.99. The fraction of sp³-hybridized carbons (Fsp3) is 0.560. The van der Waals surface area contributed by atoms with Crippen molar-refractivity contribution in [1.82, 2.24) is 19.8 Å². The number of rotatable bonds is 5. The number of amides is 2. The average molecular weight is 454 g/mol. The van der Waals surface area contributed by atoms with E-state index in [9.17, 15) is 9.59 Å². The Labute approximate surface area is 195 Å². The molecule has 0 saturated carbocycles. The molecule has 0 aromatic carbocycles. The smallest absolute Gasteiger partial charge is 0.410 e. The van der Waals surface area contributed by atoms with Crippen LogP contribution in [0.1, 0.15) is 68.5 Å². The van der Waals surface area contributed by atoms with E-state index in [2.05, 4.69) is 15.2 Å². The number of carbonyl (C=O) groups is 2. The van der Waals surface area contributed by atoms with Gasteiger partial charge in [0.25, 0.3) is 5.91 Å². The Morgan fingerprint density at radius 2 is 1.82 bits per heavy atom. The van der Waals surface area contributed by atoms with Gasteiger partial charge in [0, 0.05) is 51.2 Å². The van der Waals surface area contributed by atoms with Gasteiger partial charge in [-0.3, -0.25) is 4.79 Å². The number of piperidine rings is 1. The molecule has 0 unspecified atom stereocenters. The summed E-state index contributed by atoms with van der Waals surface area (Å²) in [5.41, 5.74) is 1.13. The fourth-order valence-corrected chi connectivity index (χ4v) is 4.49. The highest BCUT2D eigenvalue weighted by molar-refractivity contribution is 5.92. The van der Waals surface area contributed by atoms with Gasteiger partial charge in [-0.25, -0.2) is 9.78 Å². The second-order valence-electron chi connectivity index (χ2n) is 9.90. The number of ether oxygens (including phenoxy) is 1. The largest absolute Gasteiger partial charge is 0.444 e. The SMILES string of the molecule is CC(C)(C)OC(=O)N1CCC(n2cccc2C(=O)NCc2ccc(N3CCCC3)nc2)CC1. The molecular weight excluding hydrogens is 418 g/mol. The molecule has 0 aliphatic carbocycles. The molecule has 8 nitrogen and oxygen atoms in total. The molecule has 0 spiro atoms. The summed E-state index contributed by atoms with van der Waals surface area (Å²) in [5.74, 6) is 0.910. The molecule has 8 heteroatoms. The molecule has 0 radical (unpaired) electrons. The monoisotopic (exact) mass is 453 g/mol. The van der Waals surface area contributed by atoms with Crippen molar-refractivity contribution in [3.63, 3.8) is 0 Å². The first-order valence-electron chi connectivity index (χ1n) is 11.9. The van der Waals surface area contributed by atoms with E-state index in [0.717, 1.165) is 37.3 Å².